The smallest absolute Gasteiger partial charge is 0.0276 e. The molecule has 0 bridgehead atoms. The third-order valence-corrected chi connectivity index (χ3v) is 12.2. The van der Waals surface area contributed by atoms with Crippen molar-refractivity contribution in [1.29, 1.82) is 0 Å². The van der Waals surface area contributed by atoms with Crippen molar-refractivity contribution in [3.05, 3.63) is 35.4 Å². The molecule has 0 atom stereocenters. The molecule has 0 aromatic heterocycles. The first-order chi connectivity index (χ1) is 25.9. The molecular weight excluding hydrogens is 625 g/mol. The number of aryl methyl sites for hydroxylation is 2. The summed E-state index contributed by atoms with van der Waals surface area (Å²) in [5.41, 5.74) is 3.29. The first kappa shape index (κ1) is 49.2. The van der Waals surface area contributed by atoms with Gasteiger partial charge in [0, 0.05) is 0 Å². The summed E-state index contributed by atoms with van der Waals surface area (Å²) in [6, 6.07) is 9.38. The Balaban J connectivity index is 1.82. The minimum absolute atomic E-state index is 1.30. The molecule has 0 amide bonds. The number of unbranched alkanes of at least 4 members (excludes halogenated alkanes) is 40. The SMILES string of the molecule is CCCCCCCCCCCCCCCCCCCCCCCc1ccccc1CCCCCCCCCCCCCCCCCCCCCCC. The van der Waals surface area contributed by atoms with Crippen molar-refractivity contribution in [3.63, 3.8) is 0 Å². The maximum atomic E-state index is 2.42. The molecule has 52 heavy (non-hydrogen) atoms. The second-order valence-corrected chi connectivity index (χ2v) is 17.4. The molecule has 0 aliphatic rings. The van der Waals surface area contributed by atoms with E-state index in [1.165, 1.54) is 283 Å². The summed E-state index contributed by atoms with van der Waals surface area (Å²) in [4.78, 5) is 0. The van der Waals surface area contributed by atoms with E-state index in [9.17, 15) is 0 Å². The lowest BCUT2D eigenvalue weighted by Gasteiger charge is -2.10. The van der Waals surface area contributed by atoms with Crippen LogP contribution in [0.4, 0.5) is 0 Å². The van der Waals surface area contributed by atoms with Crippen LogP contribution < -0.4 is 0 Å². The summed E-state index contributed by atoms with van der Waals surface area (Å²) in [6.07, 6.45) is 64.0. The van der Waals surface area contributed by atoms with Crippen molar-refractivity contribution in [2.45, 2.75) is 296 Å². The molecule has 1 aromatic carbocycles. The van der Waals surface area contributed by atoms with Gasteiger partial charge in [0.25, 0.3) is 0 Å². The van der Waals surface area contributed by atoms with Gasteiger partial charge in [0.2, 0.25) is 0 Å². The van der Waals surface area contributed by atoms with Crippen LogP contribution in [0.15, 0.2) is 24.3 Å². The van der Waals surface area contributed by atoms with Gasteiger partial charge in [0.05, 0.1) is 0 Å². The van der Waals surface area contributed by atoms with Crippen LogP contribution in [-0.2, 0) is 12.8 Å². The van der Waals surface area contributed by atoms with Crippen LogP contribution in [0.5, 0.6) is 0 Å². The monoisotopic (exact) mass is 723 g/mol. The van der Waals surface area contributed by atoms with Gasteiger partial charge in [-0.2, -0.15) is 0 Å². The lowest BCUT2D eigenvalue weighted by molar-refractivity contribution is 0.520. The Labute approximate surface area is 330 Å². The molecule has 0 N–H and O–H groups in total. The molecule has 1 rings (SSSR count). The van der Waals surface area contributed by atoms with Crippen molar-refractivity contribution in [3.8, 4) is 0 Å². The zero-order chi connectivity index (χ0) is 37.1. The quantitative estimate of drug-likeness (QED) is 0.0588. The zero-order valence-electron chi connectivity index (χ0n) is 36.4. The van der Waals surface area contributed by atoms with Crippen molar-refractivity contribution in [2.24, 2.45) is 0 Å². The van der Waals surface area contributed by atoms with Crippen LogP contribution in [0.25, 0.3) is 0 Å². The van der Waals surface area contributed by atoms with E-state index in [0.29, 0.717) is 0 Å². The summed E-state index contributed by atoms with van der Waals surface area (Å²) in [7, 11) is 0. The summed E-state index contributed by atoms with van der Waals surface area (Å²) in [5, 5.41) is 0. The number of hydrogen-bond donors (Lipinski definition) is 0. The van der Waals surface area contributed by atoms with Crippen molar-refractivity contribution >= 4 is 0 Å². The van der Waals surface area contributed by atoms with Crippen LogP contribution in [-0.4, -0.2) is 0 Å². The van der Waals surface area contributed by atoms with Gasteiger partial charge < -0.3 is 0 Å². The third-order valence-electron chi connectivity index (χ3n) is 12.2. The Morgan fingerprint density at radius 3 is 0.538 bits per heavy atom. The molecule has 0 fully saturated rings. The molecular formula is C52H98. The van der Waals surface area contributed by atoms with E-state index in [0.717, 1.165) is 0 Å². The molecule has 0 saturated carbocycles. The molecule has 306 valence electrons. The molecule has 0 aliphatic heterocycles. The van der Waals surface area contributed by atoms with Gasteiger partial charge in [-0.3, -0.25) is 0 Å². The van der Waals surface area contributed by atoms with Crippen LogP contribution in [0.1, 0.15) is 295 Å². The van der Waals surface area contributed by atoms with Crippen LogP contribution in [0, 0.1) is 0 Å². The van der Waals surface area contributed by atoms with Gasteiger partial charge in [-0.05, 0) is 36.8 Å². The lowest BCUT2D eigenvalue weighted by atomic mass is 9.96. The fourth-order valence-electron chi connectivity index (χ4n) is 8.54. The average molecular weight is 723 g/mol. The largest absolute Gasteiger partial charge is 0.0654 e. The number of rotatable bonds is 44. The summed E-state index contributed by atoms with van der Waals surface area (Å²) >= 11 is 0. The van der Waals surface area contributed by atoms with Crippen LogP contribution in [0.3, 0.4) is 0 Å². The van der Waals surface area contributed by atoms with E-state index in [1.807, 2.05) is 0 Å². The molecule has 0 radical (unpaired) electrons. The van der Waals surface area contributed by atoms with Crippen molar-refractivity contribution < 1.29 is 0 Å². The molecule has 0 unspecified atom stereocenters. The Kier molecular flexibility index (Phi) is 40.7. The van der Waals surface area contributed by atoms with Gasteiger partial charge in [0.1, 0.15) is 0 Å². The molecule has 1 aromatic rings. The van der Waals surface area contributed by atoms with Crippen molar-refractivity contribution in [1.82, 2.24) is 0 Å². The fourth-order valence-corrected chi connectivity index (χ4v) is 8.54. The van der Waals surface area contributed by atoms with E-state index in [-0.39, 0.29) is 0 Å². The second kappa shape index (κ2) is 43.0. The Morgan fingerprint density at radius 2 is 0.365 bits per heavy atom. The fraction of sp³-hybridized carbons (Fsp3) is 0.885. The third kappa shape index (κ3) is 36.2. The minimum atomic E-state index is 1.30. The number of benzene rings is 1. The first-order valence-electron chi connectivity index (χ1n) is 24.9. The predicted molar refractivity (Wildman–Crippen MR) is 239 cm³/mol. The molecule has 0 nitrogen and oxygen atoms in total. The maximum Gasteiger partial charge on any atom is -0.0276 e. The Morgan fingerprint density at radius 1 is 0.212 bits per heavy atom. The lowest BCUT2D eigenvalue weighted by Crippen LogP contribution is -1.95. The summed E-state index contributed by atoms with van der Waals surface area (Å²) < 4.78 is 0. The topological polar surface area (TPSA) is 0 Å². The number of hydrogen-bond acceptors (Lipinski definition) is 0. The Bertz CT molecular complexity index is 713. The van der Waals surface area contributed by atoms with E-state index < -0.39 is 0 Å². The highest BCUT2D eigenvalue weighted by Gasteiger charge is 2.03. The van der Waals surface area contributed by atoms with E-state index in [1.54, 1.807) is 11.1 Å². The Hall–Kier alpha value is -0.780. The standard InChI is InChI=1S/C52H98/c1-3-5-7-9-11-13-15-17-19-21-23-25-27-29-31-33-35-37-39-41-43-47-51-49-45-46-50-52(51)48-44-42-40-38-36-34-32-30-28-26-24-22-20-18-16-14-12-10-8-6-4-2/h45-46,49-50H,3-44,47-48H2,1-2H3. The predicted octanol–water partition coefficient (Wildman–Crippen LogP) is 19.2. The molecule has 0 heteroatoms. The highest BCUT2D eigenvalue weighted by atomic mass is 14.1. The van der Waals surface area contributed by atoms with Gasteiger partial charge in [0.15, 0.2) is 0 Å². The normalized spacial score (nSPS) is 11.6. The highest BCUT2D eigenvalue weighted by molar-refractivity contribution is 5.27. The van der Waals surface area contributed by atoms with Gasteiger partial charge in [-0.15, -0.1) is 0 Å². The summed E-state index contributed by atoms with van der Waals surface area (Å²) in [5.74, 6) is 0. The minimum Gasteiger partial charge on any atom is -0.0654 e. The molecule has 0 spiro atoms. The second-order valence-electron chi connectivity index (χ2n) is 17.4. The first-order valence-corrected chi connectivity index (χ1v) is 24.9. The van der Waals surface area contributed by atoms with Crippen molar-refractivity contribution in [2.75, 3.05) is 0 Å². The zero-order valence-corrected chi connectivity index (χ0v) is 36.4. The van der Waals surface area contributed by atoms with E-state index >= 15 is 0 Å². The maximum absolute atomic E-state index is 2.42. The van der Waals surface area contributed by atoms with Gasteiger partial charge in [-0.25, -0.2) is 0 Å². The molecule has 0 heterocycles. The molecule has 0 saturated heterocycles. The van der Waals surface area contributed by atoms with Crippen LogP contribution in [0.2, 0.25) is 0 Å². The van der Waals surface area contributed by atoms with Gasteiger partial charge >= 0.3 is 0 Å². The molecule has 0 aliphatic carbocycles. The summed E-state index contributed by atoms with van der Waals surface area (Å²) in [6.45, 7) is 4.62. The van der Waals surface area contributed by atoms with E-state index in [4.69, 9.17) is 0 Å². The van der Waals surface area contributed by atoms with E-state index in [2.05, 4.69) is 38.1 Å². The average Bonchev–Trinajstić information content (AvgIpc) is 3.16. The van der Waals surface area contributed by atoms with Gasteiger partial charge in [-0.1, -0.05) is 295 Å². The van der Waals surface area contributed by atoms with Crippen LogP contribution >= 0.6 is 0 Å². The highest BCUT2D eigenvalue weighted by Crippen LogP contribution is 2.20.